The Balaban J connectivity index is 1.33. The molecule has 4 heterocycles. The monoisotopic (exact) mass is 536 g/mol. The standard InChI is InChI=1S/C40H24O2/c1-2-10-22-18-30-29(17-21(22)9-1)33-35(39-26-14-6-5-13-25(26)37(33)41-39)31-19-23-11-3-4-12-24(23)20-32(31)36-34(30)38-27-15-7-8-16-28(27)40(36)42-38/h1-20,37-40H. The molecule has 6 aromatic rings. The number of benzene rings is 6. The van der Waals surface area contributed by atoms with E-state index < -0.39 is 0 Å². The normalized spacial score (nSPS) is 23.8. The van der Waals surface area contributed by atoms with E-state index in [2.05, 4.69) is 121 Å². The summed E-state index contributed by atoms with van der Waals surface area (Å²) in [5, 5.41) is 5.02. The first-order chi connectivity index (χ1) is 20.8. The molecule has 6 aromatic carbocycles. The van der Waals surface area contributed by atoms with E-state index in [0.29, 0.717) is 0 Å². The van der Waals surface area contributed by atoms with Crippen LogP contribution in [-0.4, -0.2) is 0 Å². The molecule has 1 aliphatic carbocycles. The average Bonchev–Trinajstić information content (AvgIpc) is 3.81. The Morgan fingerprint density at radius 2 is 0.548 bits per heavy atom. The van der Waals surface area contributed by atoms with Crippen LogP contribution in [0.4, 0.5) is 0 Å². The summed E-state index contributed by atoms with van der Waals surface area (Å²) in [5.74, 6) is 0. The average molecular weight is 537 g/mol. The highest BCUT2D eigenvalue weighted by atomic mass is 16.5. The molecule has 0 saturated carbocycles. The van der Waals surface area contributed by atoms with Gasteiger partial charge in [0.1, 0.15) is 24.4 Å². The van der Waals surface area contributed by atoms with Crippen molar-refractivity contribution in [1.82, 2.24) is 0 Å². The summed E-state index contributed by atoms with van der Waals surface area (Å²) in [6, 6.07) is 44.8. The number of fused-ring (bicyclic) bond motifs is 22. The van der Waals surface area contributed by atoms with Gasteiger partial charge in [0, 0.05) is 0 Å². The van der Waals surface area contributed by atoms with E-state index in [-0.39, 0.29) is 24.4 Å². The highest BCUT2D eigenvalue weighted by Gasteiger charge is 2.51. The fourth-order valence-corrected chi connectivity index (χ4v) is 8.52. The van der Waals surface area contributed by atoms with Gasteiger partial charge >= 0.3 is 0 Å². The lowest BCUT2D eigenvalue weighted by Gasteiger charge is -2.30. The zero-order valence-corrected chi connectivity index (χ0v) is 22.7. The summed E-state index contributed by atoms with van der Waals surface area (Å²) in [7, 11) is 0. The molecule has 0 amide bonds. The van der Waals surface area contributed by atoms with Crippen molar-refractivity contribution in [3.63, 3.8) is 0 Å². The Labute approximate surface area is 243 Å². The molecule has 11 rings (SSSR count). The molecule has 0 fully saturated rings. The van der Waals surface area contributed by atoms with Gasteiger partial charge < -0.3 is 9.47 Å². The third-order valence-electron chi connectivity index (χ3n) is 10.2. The van der Waals surface area contributed by atoms with Gasteiger partial charge in [-0.15, -0.1) is 0 Å². The smallest absolute Gasteiger partial charge is 0.110 e. The molecule has 42 heavy (non-hydrogen) atoms. The van der Waals surface area contributed by atoms with Crippen LogP contribution in [-0.2, 0) is 9.47 Å². The highest BCUT2D eigenvalue weighted by molar-refractivity contribution is 6.14. The first kappa shape index (κ1) is 21.9. The maximum absolute atomic E-state index is 6.97. The molecule has 4 bridgehead atoms. The molecule has 196 valence electrons. The number of ether oxygens (including phenoxy) is 2. The molecular weight excluding hydrogens is 512 g/mol. The largest absolute Gasteiger partial charge is 0.356 e. The maximum Gasteiger partial charge on any atom is 0.110 e. The summed E-state index contributed by atoms with van der Waals surface area (Å²) in [4.78, 5) is 0. The zero-order valence-electron chi connectivity index (χ0n) is 22.7. The van der Waals surface area contributed by atoms with Gasteiger partial charge in [0.15, 0.2) is 0 Å². The highest BCUT2D eigenvalue weighted by Crippen LogP contribution is 2.67. The fraction of sp³-hybridized carbons (Fsp3) is 0.100. The van der Waals surface area contributed by atoms with Crippen molar-refractivity contribution in [2.45, 2.75) is 24.4 Å². The first-order valence-electron chi connectivity index (χ1n) is 14.9. The number of hydrogen-bond donors (Lipinski definition) is 0. The number of hydrogen-bond acceptors (Lipinski definition) is 2. The van der Waals surface area contributed by atoms with E-state index in [1.807, 2.05) is 0 Å². The van der Waals surface area contributed by atoms with Crippen LogP contribution in [0.15, 0.2) is 121 Å². The van der Waals surface area contributed by atoms with Crippen molar-refractivity contribution in [3.05, 3.63) is 166 Å². The molecule has 4 unspecified atom stereocenters. The summed E-state index contributed by atoms with van der Waals surface area (Å²) in [6.07, 6.45) is -0.354. The van der Waals surface area contributed by atoms with Crippen molar-refractivity contribution < 1.29 is 9.47 Å². The van der Waals surface area contributed by atoms with E-state index in [1.165, 1.54) is 88.3 Å². The quantitative estimate of drug-likeness (QED) is 0.192. The van der Waals surface area contributed by atoms with E-state index in [0.717, 1.165) is 0 Å². The second-order valence-electron chi connectivity index (χ2n) is 12.2. The van der Waals surface area contributed by atoms with Gasteiger partial charge in [-0.1, -0.05) is 97.1 Å². The molecular formula is C40H24O2. The minimum Gasteiger partial charge on any atom is -0.356 e. The summed E-state index contributed by atoms with van der Waals surface area (Å²) in [6.45, 7) is 0. The van der Waals surface area contributed by atoms with Gasteiger partial charge in [-0.25, -0.2) is 0 Å². The van der Waals surface area contributed by atoms with Crippen LogP contribution in [0.1, 0.15) is 68.9 Å². The lowest BCUT2D eigenvalue weighted by molar-refractivity contribution is 0.0941. The van der Waals surface area contributed by atoms with Crippen LogP contribution in [0.25, 0.3) is 43.8 Å². The Hall–Kier alpha value is -4.76. The van der Waals surface area contributed by atoms with Crippen LogP contribution in [0.3, 0.4) is 0 Å². The lowest BCUT2D eigenvalue weighted by atomic mass is 9.70. The van der Waals surface area contributed by atoms with E-state index in [1.54, 1.807) is 0 Å². The molecule has 2 nitrogen and oxygen atoms in total. The van der Waals surface area contributed by atoms with Crippen LogP contribution >= 0.6 is 0 Å². The predicted molar refractivity (Wildman–Crippen MR) is 168 cm³/mol. The van der Waals surface area contributed by atoms with Crippen LogP contribution in [0.2, 0.25) is 0 Å². The van der Waals surface area contributed by atoms with E-state index in [9.17, 15) is 0 Å². The van der Waals surface area contributed by atoms with Crippen LogP contribution in [0, 0.1) is 0 Å². The van der Waals surface area contributed by atoms with Gasteiger partial charge in [-0.2, -0.15) is 0 Å². The SMILES string of the molecule is c1ccc2c(c1)C1OC2C2=C1c1cc3ccccc3cc1C1=C(c3cc4ccccc4cc32)C2OC1c1ccccc12. The van der Waals surface area contributed by atoms with Gasteiger partial charge in [0.25, 0.3) is 0 Å². The summed E-state index contributed by atoms with van der Waals surface area (Å²) >= 11 is 0. The molecule has 0 saturated heterocycles. The van der Waals surface area contributed by atoms with Crippen molar-refractivity contribution >= 4 is 43.8 Å². The van der Waals surface area contributed by atoms with Crippen LogP contribution < -0.4 is 0 Å². The second-order valence-corrected chi connectivity index (χ2v) is 12.2. The zero-order chi connectivity index (χ0) is 27.1. The van der Waals surface area contributed by atoms with Gasteiger partial charge in [-0.3, -0.25) is 0 Å². The second kappa shape index (κ2) is 7.54. The number of rotatable bonds is 0. The Morgan fingerprint density at radius 1 is 0.310 bits per heavy atom. The van der Waals surface area contributed by atoms with Crippen molar-refractivity contribution in [2.24, 2.45) is 0 Å². The summed E-state index contributed by atoms with van der Waals surface area (Å²) in [5.41, 5.74) is 15.6. The molecule has 4 aliphatic heterocycles. The van der Waals surface area contributed by atoms with E-state index >= 15 is 0 Å². The minimum absolute atomic E-state index is 0.0885. The van der Waals surface area contributed by atoms with E-state index in [4.69, 9.17) is 9.47 Å². The Kier molecular flexibility index (Phi) is 3.94. The maximum atomic E-state index is 6.97. The molecule has 5 aliphatic rings. The third kappa shape index (κ3) is 2.55. The Bertz CT molecular complexity index is 1970. The van der Waals surface area contributed by atoms with Crippen molar-refractivity contribution in [1.29, 1.82) is 0 Å². The van der Waals surface area contributed by atoms with Crippen molar-refractivity contribution in [2.75, 3.05) is 0 Å². The minimum atomic E-state index is -0.0885. The molecule has 0 aromatic heterocycles. The Morgan fingerprint density at radius 3 is 0.810 bits per heavy atom. The summed E-state index contributed by atoms with van der Waals surface area (Å²) < 4.78 is 13.9. The van der Waals surface area contributed by atoms with Crippen LogP contribution in [0.5, 0.6) is 0 Å². The molecule has 2 heteroatoms. The predicted octanol–water partition coefficient (Wildman–Crippen LogP) is 9.78. The first-order valence-corrected chi connectivity index (χ1v) is 14.9. The topological polar surface area (TPSA) is 18.5 Å². The van der Waals surface area contributed by atoms with Gasteiger partial charge in [0.05, 0.1) is 0 Å². The third-order valence-corrected chi connectivity index (χ3v) is 10.2. The van der Waals surface area contributed by atoms with Gasteiger partial charge in [0.2, 0.25) is 0 Å². The van der Waals surface area contributed by atoms with Crippen molar-refractivity contribution in [3.8, 4) is 0 Å². The molecule has 4 atom stereocenters. The van der Waals surface area contributed by atoms with Gasteiger partial charge in [-0.05, 0) is 113 Å². The fourth-order valence-electron chi connectivity index (χ4n) is 8.52. The lowest BCUT2D eigenvalue weighted by Crippen LogP contribution is -2.13. The molecule has 0 N–H and O–H groups in total. The molecule has 0 spiro atoms. The molecule has 0 radical (unpaired) electrons.